The summed E-state index contributed by atoms with van der Waals surface area (Å²) in [5.41, 5.74) is 1.59. The number of anilines is 2. The van der Waals surface area contributed by atoms with Gasteiger partial charge in [-0.25, -0.2) is 18.7 Å². The predicted octanol–water partition coefficient (Wildman–Crippen LogP) is 2.50. The molecule has 1 saturated heterocycles. The first-order valence-electron chi connectivity index (χ1n) is 11.1. The fraction of sp³-hybridized carbons (Fsp3) is 0.348. The highest BCUT2D eigenvalue weighted by Crippen LogP contribution is 2.37. The second-order valence-corrected chi connectivity index (χ2v) is 9.60. The lowest BCUT2D eigenvalue weighted by Gasteiger charge is -2.22. The smallest absolute Gasteiger partial charge is 0.291 e. The number of thioether (sulfide) groups is 1. The summed E-state index contributed by atoms with van der Waals surface area (Å²) in [7, 11) is 1.60. The number of aromatic nitrogens is 4. The third-order valence-corrected chi connectivity index (χ3v) is 7.11. The Kier molecular flexibility index (Phi) is 6.13. The van der Waals surface area contributed by atoms with Gasteiger partial charge in [-0.1, -0.05) is 30.3 Å². The average molecular weight is 500 g/mol. The molecule has 1 fully saturated rings. The lowest BCUT2D eigenvalue weighted by atomic mass is 10.1. The normalized spacial score (nSPS) is 19.4. The average Bonchev–Trinajstić information content (AvgIpc) is 3.44. The van der Waals surface area contributed by atoms with E-state index in [1.54, 1.807) is 18.0 Å². The van der Waals surface area contributed by atoms with Crippen molar-refractivity contribution in [2.45, 2.75) is 29.7 Å². The van der Waals surface area contributed by atoms with Crippen LogP contribution in [0.2, 0.25) is 0 Å². The van der Waals surface area contributed by atoms with E-state index in [0.717, 1.165) is 10.5 Å². The van der Waals surface area contributed by atoms with E-state index >= 15 is 0 Å². The van der Waals surface area contributed by atoms with Gasteiger partial charge in [-0.2, -0.15) is 0 Å². The van der Waals surface area contributed by atoms with Crippen molar-refractivity contribution in [2.24, 2.45) is 0 Å². The zero-order valence-corrected chi connectivity index (χ0v) is 19.7. The number of likely N-dealkylation sites (N-methyl/N-ethyl adjacent to an activating group) is 1. The second-order valence-electron chi connectivity index (χ2n) is 8.54. The van der Waals surface area contributed by atoms with E-state index in [1.165, 1.54) is 22.9 Å². The molecule has 0 radical (unpaired) electrons. The lowest BCUT2D eigenvalue weighted by Crippen LogP contribution is -2.48. The summed E-state index contributed by atoms with van der Waals surface area (Å²) in [6.45, 7) is -0.153. The standard InChI is InChI=1S/C23H23F2N7O2S/c1-31-16-11-26-19(32-8-7-23(24,25)13-32)10-17(16)35-12-15(22(31)34)27-21(33)20-28-18(29-30-20)9-14-5-3-2-4-6-14/h2-6,10-11,15H,7-9,12-13H2,1H3,(H,27,33)(H,28,29,30)/t15-/m0/s1. The fourth-order valence-corrected chi connectivity index (χ4v) is 5.18. The minimum absolute atomic E-state index is 0.0444. The number of carbonyl (C=O) groups excluding carboxylic acids is 2. The Labute approximate surface area is 204 Å². The summed E-state index contributed by atoms with van der Waals surface area (Å²) >= 11 is 1.36. The van der Waals surface area contributed by atoms with Crippen LogP contribution in [0, 0.1) is 0 Å². The van der Waals surface area contributed by atoms with Gasteiger partial charge in [0.1, 0.15) is 17.7 Å². The molecule has 2 amide bonds. The molecule has 1 atom stereocenters. The van der Waals surface area contributed by atoms with E-state index in [1.807, 2.05) is 30.3 Å². The van der Waals surface area contributed by atoms with E-state index in [0.29, 0.717) is 23.8 Å². The van der Waals surface area contributed by atoms with Crippen LogP contribution in [0.3, 0.4) is 0 Å². The monoisotopic (exact) mass is 499 g/mol. The van der Waals surface area contributed by atoms with E-state index in [9.17, 15) is 18.4 Å². The number of nitrogens with zero attached hydrogens (tertiary/aromatic N) is 5. The molecule has 0 unspecified atom stereocenters. The van der Waals surface area contributed by atoms with Crippen LogP contribution in [0.5, 0.6) is 0 Å². The Morgan fingerprint density at radius 2 is 2.11 bits per heavy atom. The minimum Gasteiger partial charge on any atom is -0.350 e. The van der Waals surface area contributed by atoms with E-state index in [-0.39, 0.29) is 37.0 Å². The number of hydrogen-bond donors (Lipinski definition) is 2. The number of hydrogen-bond acceptors (Lipinski definition) is 7. The number of carbonyl (C=O) groups is 2. The molecule has 0 aliphatic carbocycles. The highest BCUT2D eigenvalue weighted by Gasteiger charge is 2.39. The maximum Gasteiger partial charge on any atom is 0.291 e. The minimum atomic E-state index is -2.73. The molecule has 2 aliphatic rings. The number of benzene rings is 1. The van der Waals surface area contributed by atoms with Gasteiger partial charge in [-0.3, -0.25) is 14.7 Å². The summed E-state index contributed by atoms with van der Waals surface area (Å²) < 4.78 is 27.3. The van der Waals surface area contributed by atoms with Crippen molar-refractivity contribution in [1.29, 1.82) is 0 Å². The van der Waals surface area contributed by atoms with Crippen LogP contribution in [0.15, 0.2) is 47.5 Å². The highest BCUT2D eigenvalue weighted by atomic mass is 32.2. The molecule has 2 aromatic heterocycles. The SMILES string of the molecule is CN1C(=O)[C@@H](NC(=O)c2n[nH]c(Cc3ccccc3)n2)CSc2cc(N3CCC(F)(F)C3)ncc21. The Hall–Kier alpha value is -3.54. The maximum atomic E-state index is 13.6. The first-order valence-corrected chi connectivity index (χ1v) is 12.1. The molecule has 5 rings (SSSR count). The summed E-state index contributed by atoms with van der Waals surface area (Å²) in [5.74, 6) is -2.39. The lowest BCUT2D eigenvalue weighted by molar-refractivity contribution is -0.119. The molecule has 2 N–H and O–H groups in total. The van der Waals surface area contributed by atoms with Crippen LogP contribution in [0.1, 0.15) is 28.4 Å². The van der Waals surface area contributed by atoms with Crippen molar-refractivity contribution in [3.05, 3.63) is 59.8 Å². The number of alkyl halides is 2. The van der Waals surface area contributed by atoms with E-state index in [4.69, 9.17) is 0 Å². The number of amides is 2. The number of rotatable bonds is 5. The number of fused-ring (bicyclic) bond motifs is 1. The molecule has 1 aromatic carbocycles. The molecule has 12 heteroatoms. The molecule has 0 spiro atoms. The van der Waals surface area contributed by atoms with Gasteiger partial charge in [-0.15, -0.1) is 16.9 Å². The van der Waals surface area contributed by atoms with Crippen molar-refractivity contribution >= 4 is 35.1 Å². The van der Waals surface area contributed by atoms with Gasteiger partial charge in [0.15, 0.2) is 0 Å². The van der Waals surface area contributed by atoms with Gasteiger partial charge in [0.05, 0.1) is 18.4 Å². The highest BCUT2D eigenvalue weighted by molar-refractivity contribution is 7.99. The Morgan fingerprint density at radius 3 is 2.86 bits per heavy atom. The van der Waals surface area contributed by atoms with Gasteiger partial charge in [0.2, 0.25) is 11.7 Å². The van der Waals surface area contributed by atoms with E-state index in [2.05, 4.69) is 25.5 Å². The summed E-state index contributed by atoms with van der Waals surface area (Å²) in [4.78, 5) is 38.1. The summed E-state index contributed by atoms with van der Waals surface area (Å²) in [6, 6.07) is 10.6. The number of halogens is 2. The fourth-order valence-electron chi connectivity index (χ4n) is 4.08. The van der Waals surface area contributed by atoms with Crippen LogP contribution in [0.4, 0.5) is 20.3 Å². The van der Waals surface area contributed by atoms with Gasteiger partial charge in [0.25, 0.3) is 11.8 Å². The van der Waals surface area contributed by atoms with Crippen LogP contribution < -0.4 is 15.1 Å². The first-order chi connectivity index (χ1) is 16.8. The number of H-pyrrole nitrogens is 1. The van der Waals surface area contributed by atoms with Crippen LogP contribution in [-0.2, 0) is 11.2 Å². The van der Waals surface area contributed by atoms with Crippen LogP contribution in [0.25, 0.3) is 0 Å². The molecular weight excluding hydrogens is 476 g/mol. The van der Waals surface area contributed by atoms with Crippen molar-refractivity contribution in [2.75, 3.05) is 35.7 Å². The number of nitrogens with one attached hydrogen (secondary N) is 2. The number of pyridine rings is 1. The zero-order valence-electron chi connectivity index (χ0n) is 18.9. The maximum absolute atomic E-state index is 13.6. The summed E-state index contributed by atoms with van der Waals surface area (Å²) in [6.07, 6.45) is 1.80. The molecular formula is C23H23F2N7O2S. The predicted molar refractivity (Wildman–Crippen MR) is 127 cm³/mol. The second kappa shape index (κ2) is 9.25. The van der Waals surface area contributed by atoms with Crippen molar-refractivity contribution in [3.63, 3.8) is 0 Å². The van der Waals surface area contributed by atoms with E-state index < -0.39 is 17.9 Å². The van der Waals surface area contributed by atoms with Gasteiger partial charge < -0.3 is 15.1 Å². The Balaban J connectivity index is 1.27. The Morgan fingerprint density at radius 1 is 1.31 bits per heavy atom. The van der Waals surface area contributed by atoms with Crippen LogP contribution >= 0.6 is 11.8 Å². The first kappa shape index (κ1) is 23.2. The van der Waals surface area contributed by atoms with Crippen molar-refractivity contribution in [3.8, 4) is 0 Å². The van der Waals surface area contributed by atoms with Gasteiger partial charge in [-0.05, 0) is 11.6 Å². The molecule has 182 valence electrons. The van der Waals surface area contributed by atoms with Crippen molar-refractivity contribution < 1.29 is 18.4 Å². The molecule has 2 aliphatic heterocycles. The largest absolute Gasteiger partial charge is 0.350 e. The quantitative estimate of drug-likeness (QED) is 0.556. The molecule has 9 nitrogen and oxygen atoms in total. The summed E-state index contributed by atoms with van der Waals surface area (Å²) in [5, 5.41) is 9.49. The van der Waals surface area contributed by atoms with Crippen molar-refractivity contribution in [1.82, 2.24) is 25.5 Å². The van der Waals surface area contributed by atoms with Crippen LogP contribution in [-0.4, -0.2) is 69.8 Å². The third kappa shape index (κ3) is 4.97. The van der Waals surface area contributed by atoms with Gasteiger partial charge in [0, 0.05) is 37.1 Å². The van der Waals surface area contributed by atoms with Gasteiger partial charge >= 0.3 is 0 Å². The topological polar surface area (TPSA) is 107 Å². The number of aromatic amines is 1. The third-order valence-electron chi connectivity index (χ3n) is 5.98. The Bertz CT molecular complexity index is 1250. The molecule has 3 aromatic rings. The molecule has 0 saturated carbocycles. The molecule has 0 bridgehead atoms. The molecule has 35 heavy (non-hydrogen) atoms. The zero-order chi connectivity index (χ0) is 24.6. The molecule has 4 heterocycles.